The highest BCUT2D eigenvalue weighted by Gasteiger charge is 2.20. The van der Waals surface area contributed by atoms with Gasteiger partial charge in [0.15, 0.2) is 11.5 Å². The number of benzene rings is 2. The van der Waals surface area contributed by atoms with Crippen molar-refractivity contribution in [2.24, 2.45) is 0 Å². The fourth-order valence-corrected chi connectivity index (χ4v) is 2.45. The lowest BCUT2D eigenvalue weighted by molar-refractivity contribution is -0.140. The minimum Gasteiger partial charge on any atom is -0.480 e. The second kappa shape index (κ2) is 8.26. The summed E-state index contributed by atoms with van der Waals surface area (Å²) in [6.45, 7) is 1.44. The van der Waals surface area contributed by atoms with Gasteiger partial charge < -0.3 is 25.2 Å². The first-order valence-corrected chi connectivity index (χ1v) is 8.45. The largest absolute Gasteiger partial charge is 0.480 e. The molecule has 2 aromatic rings. The quantitative estimate of drug-likeness (QED) is 0.656. The van der Waals surface area contributed by atoms with E-state index in [1.54, 1.807) is 48.5 Å². The zero-order valence-corrected chi connectivity index (χ0v) is 15.0. The Hall–Kier alpha value is -3.81. The van der Waals surface area contributed by atoms with Gasteiger partial charge in [-0.25, -0.2) is 0 Å². The molecule has 2 aromatic carbocycles. The Bertz CT molecular complexity index is 939. The predicted octanol–water partition coefficient (Wildman–Crippen LogP) is 1.78. The van der Waals surface area contributed by atoms with Gasteiger partial charge in [0, 0.05) is 5.56 Å². The maximum absolute atomic E-state index is 12.5. The van der Waals surface area contributed by atoms with Crippen LogP contribution in [0.15, 0.2) is 54.2 Å². The average molecular weight is 382 g/mol. The number of fused-ring (bicyclic) bond motifs is 1. The molecular formula is C20H18N2O6. The lowest BCUT2D eigenvalue weighted by Gasteiger charge is -2.13. The van der Waals surface area contributed by atoms with Crippen molar-refractivity contribution >= 4 is 23.9 Å². The number of rotatable bonds is 6. The van der Waals surface area contributed by atoms with Crippen LogP contribution < -0.4 is 20.1 Å². The van der Waals surface area contributed by atoms with Gasteiger partial charge in [-0.05, 0) is 42.8 Å². The summed E-state index contributed by atoms with van der Waals surface area (Å²) in [6.07, 6.45) is 1.44. The number of ether oxygens (including phenoxy) is 2. The van der Waals surface area contributed by atoms with Gasteiger partial charge in [0.05, 0.1) is 0 Å². The normalized spacial score (nSPS) is 13.5. The fraction of sp³-hybridized carbons (Fsp3) is 0.150. The number of hydrogen-bond acceptors (Lipinski definition) is 5. The molecule has 3 rings (SSSR count). The third kappa shape index (κ3) is 4.47. The van der Waals surface area contributed by atoms with Crippen LogP contribution in [0.3, 0.4) is 0 Å². The lowest BCUT2D eigenvalue weighted by Crippen LogP contribution is -2.42. The van der Waals surface area contributed by atoms with Gasteiger partial charge in [-0.15, -0.1) is 0 Å². The van der Waals surface area contributed by atoms with Crippen LogP contribution in [0.5, 0.6) is 11.5 Å². The van der Waals surface area contributed by atoms with Gasteiger partial charge in [-0.2, -0.15) is 0 Å². The summed E-state index contributed by atoms with van der Waals surface area (Å²) in [6, 6.07) is 12.3. The van der Waals surface area contributed by atoms with E-state index in [4.69, 9.17) is 14.6 Å². The highest BCUT2D eigenvalue weighted by molar-refractivity contribution is 6.06. The van der Waals surface area contributed by atoms with E-state index in [2.05, 4.69) is 10.6 Å². The van der Waals surface area contributed by atoms with Gasteiger partial charge in [0.2, 0.25) is 6.79 Å². The minimum absolute atomic E-state index is 0.0965. The molecule has 1 aliphatic rings. The molecule has 1 atom stereocenters. The maximum atomic E-state index is 12.5. The Kier molecular flexibility index (Phi) is 5.59. The highest BCUT2D eigenvalue weighted by atomic mass is 16.7. The summed E-state index contributed by atoms with van der Waals surface area (Å²) in [7, 11) is 0. The van der Waals surface area contributed by atoms with Crippen molar-refractivity contribution < 1.29 is 29.0 Å². The summed E-state index contributed by atoms with van der Waals surface area (Å²) in [5.74, 6) is -1.31. The van der Waals surface area contributed by atoms with Crippen molar-refractivity contribution in [1.29, 1.82) is 0 Å². The van der Waals surface area contributed by atoms with Crippen LogP contribution in [0, 0.1) is 0 Å². The summed E-state index contributed by atoms with van der Waals surface area (Å²) in [5.41, 5.74) is 0.838. The van der Waals surface area contributed by atoms with Crippen LogP contribution in [0.4, 0.5) is 0 Å². The number of hydrogen-bond donors (Lipinski definition) is 3. The van der Waals surface area contributed by atoms with E-state index in [1.165, 1.54) is 13.0 Å². The molecule has 2 amide bonds. The first kappa shape index (κ1) is 19.0. The van der Waals surface area contributed by atoms with Crippen molar-refractivity contribution in [3.05, 3.63) is 65.4 Å². The van der Waals surface area contributed by atoms with E-state index < -0.39 is 23.8 Å². The molecule has 8 nitrogen and oxygen atoms in total. The van der Waals surface area contributed by atoms with Crippen LogP contribution in [0.1, 0.15) is 22.8 Å². The molecule has 8 heteroatoms. The van der Waals surface area contributed by atoms with Crippen molar-refractivity contribution in [1.82, 2.24) is 10.6 Å². The molecule has 1 heterocycles. The molecule has 0 radical (unpaired) electrons. The van der Waals surface area contributed by atoms with Gasteiger partial charge in [0.25, 0.3) is 11.8 Å². The molecule has 0 aliphatic carbocycles. The molecule has 0 spiro atoms. The van der Waals surface area contributed by atoms with Crippen LogP contribution in [-0.4, -0.2) is 35.7 Å². The number of carbonyl (C=O) groups is 3. The third-order valence-corrected chi connectivity index (χ3v) is 3.95. The zero-order valence-electron chi connectivity index (χ0n) is 15.0. The average Bonchev–Trinajstić information content (AvgIpc) is 3.15. The molecule has 1 unspecified atom stereocenters. The molecule has 0 aromatic heterocycles. The van der Waals surface area contributed by atoms with Crippen molar-refractivity contribution in [3.63, 3.8) is 0 Å². The standard InChI is InChI=1S/C20H18N2O6/c1-12(20(25)26)21-19(24)15(22-18(23)14-5-3-2-4-6-14)9-13-7-8-16-17(10-13)28-11-27-16/h2-10,12H,11H2,1H3,(H,21,24)(H,22,23)(H,25,26)/b15-9-. The van der Waals surface area contributed by atoms with Crippen LogP contribution in [0.2, 0.25) is 0 Å². The zero-order chi connectivity index (χ0) is 20.1. The van der Waals surface area contributed by atoms with Gasteiger partial charge >= 0.3 is 5.97 Å². The monoisotopic (exact) mass is 382 g/mol. The predicted molar refractivity (Wildman–Crippen MR) is 99.7 cm³/mol. The Morgan fingerprint density at radius 3 is 2.50 bits per heavy atom. The summed E-state index contributed by atoms with van der Waals surface area (Å²) < 4.78 is 10.6. The molecule has 0 bridgehead atoms. The van der Waals surface area contributed by atoms with Crippen LogP contribution in [-0.2, 0) is 9.59 Å². The molecular weight excluding hydrogens is 364 g/mol. The molecule has 3 N–H and O–H groups in total. The molecule has 144 valence electrons. The van der Waals surface area contributed by atoms with Crippen molar-refractivity contribution in [2.75, 3.05) is 6.79 Å². The SMILES string of the molecule is CC(NC(=O)/C(=C/c1ccc2c(c1)OCO2)NC(=O)c1ccccc1)C(=O)O. The molecule has 0 saturated heterocycles. The molecule has 28 heavy (non-hydrogen) atoms. The highest BCUT2D eigenvalue weighted by Crippen LogP contribution is 2.33. The molecule has 1 aliphatic heterocycles. The number of aliphatic carboxylic acids is 1. The summed E-state index contributed by atoms with van der Waals surface area (Å²) in [5, 5.41) is 13.9. The van der Waals surface area contributed by atoms with E-state index >= 15 is 0 Å². The molecule has 0 fully saturated rings. The Labute approximate surface area is 160 Å². The van der Waals surface area contributed by atoms with E-state index in [0.717, 1.165) is 0 Å². The summed E-state index contributed by atoms with van der Waals surface area (Å²) >= 11 is 0. The Morgan fingerprint density at radius 2 is 1.79 bits per heavy atom. The first-order valence-electron chi connectivity index (χ1n) is 8.45. The Balaban J connectivity index is 1.88. The van der Waals surface area contributed by atoms with E-state index in [9.17, 15) is 14.4 Å². The third-order valence-electron chi connectivity index (χ3n) is 3.95. The van der Waals surface area contributed by atoms with Crippen LogP contribution in [0.25, 0.3) is 6.08 Å². The number of carboxylic acids is 1. The first-order chi connectivity index (χ1) is 13.4. The number of nitrogens with one attached hydrogen (secondary N) is 2. The summed E-state index contributed by atoms with van der Waals surface area (Å²) in [4.78, 5) is 36.0. The van der Waals surface area contributed by atoms with E-state index in [0.29, 0.717) is 22.6 Å². The number of carbonyl (C=O) groups excluding carboxylic acids is 2. The Morgan fingerprint density at radius 1 is 1.07 bits per heavy atom. The number of amides is 2. The van der Waals surface area contributed by atoms with E-state index in [1.807, 2.05) is 0 Å². The molecule has 0 saturated carbocycles. The van der Waals surface area contributed by atoms with Crippen molar-refractivity contribution in [3.8, 4) is 11.5 Å². The number of carboxylic acid groups (broad SMARTS) is 1. The lowest BCUT2D eigenvalue weighted by atomic mass is 10.1. The second-order valence-corrected chi connectivity index (χ2v) is 6.02. The smallest absolute Gasteiger partial charge is 0.325 e. The van der Waals surface area contributed by atoms with E-state index in [-0.39, 0.29) is 12.5 Å². The van der Waals surface area contributed by atoms with Crippen LogP contribution >= 0.6 is 0 Å². The second-order valence-electron chi connectivity index (χ2n) is 6.02. The van der Waals surface area contributed by atoms with Crippen molar-refractivity contribution in [2.45, 2.75) is 13.0 Å². The van der Waals surface area contributed by atoms with Gasteiger partial charge in [0.1, 0.15) is 11.7 Å². The minimum atomic E-state index is -1.19. The maximum Gasteiger partial charge on any atom is 0.325 e. The fourth-order valence-electron chi connectivity index (χ4n) is 2.45. The topological polar surface area (TPSA) is 114 Å². The van der Waals surface area contributed by atoms with Gasteiger partial charge in [-0.3, -0.25) is 14.4 Å². The van der Waals surface area contributed by atoms with Gasteiger partial charge in [-0.1, -0.05) is 24.3 Å².